The fourth-order valence-corrected chi connectivity index (χ4v) is 5.51. The van der Waals surface area contributed by atoms with Gasteiger partial charge in [0.05, 0.1) is 6.04 Å². The maximum Gasteiger partial charge on any atom is 0.282 e. The third-order valence-corrected chi connectivity index (χ3v) is 7.57. The molecule has 2 aliphatic rings. The summed E-state index contributed by atoms with van der Waals surface area (Å²) < 4.78 is 53.0. The first-order valence-corrected chi connectivity index (χ1v) is 13.1. The molecule has 0 spiro atoms. The second kappa shape index (κ2) is 11.5. The molecule has 11 heteroatoms. The van der Waals surface area contributed by atoms with Crippen molar-refractivity contribution in [1.29, 1.82) is 0 Å². The van der Waals surface area contributed by atoms with E-state index in [1.54, 1.807) is 12.3 Å². The molecule has 0 unspecified atom stereocenters. The molecular formula is C28H29F4N5O2. The van der Waals surface area contributed by atoms with Crippen LogP contribution in [0.2, 0.25) is 0 Å². The molecule has 5 rings (SSSR count). The normalized spacial score (nSPS) is 17.9. The van der Waals surface area contributed by atoms with Crippen LogP contribution < -0.4 is 5.32 Å². The molecule has 1 aliphatic carbocycles. The lowest BCUT2D eigenvalue weighted by atomic mass is 9.87. The van der Waals surface area contributed by atoms with Gasteiger partial charge in [-0.15, -0.1) is 0 Å². The van der Waals surface area contributed by atoms with Crippen molar-refractivity contribution in [3.63, 3.8) is 0 Å². The Balaban J connectivity index is 1.19. The molecule has 2 amide bonds. The number of likely N-dealkylation sites (tertiary alicyclic amines) is 1. The van der Waals surface area contributed by atoms with Gasteiger partial charge in [0.15, 0.2) is 0 Å². The lowest BCUT2D eigenvalue weighted by Crippen LogP contribution is -2.40. The zero-order chi connectivity index (χ0) is 27.5. The highest BCUT2D eigenvalue weighted by atomic mass is 19.3. The van der Waals surface area contributed by atoms with Crippen LogP contribution in [0.25, 0.3) is 0 Å². The number of carbonyl (C=O) groups is 2. The van der Waals surface area contributed by atoms with Gasteiger partial charge in [0, 0.05) is 19.3 Å². The van der Waals surface area contributed by atoms with E-state index in [0.29, 0.717) is 42.4 Å². The number of carbonyl (C=O) groups excluding carboxylic acids is 2. The molecule has 39 heavy (non-hydrogen) atoms. The predicted molar refractivity (Wildman–Crippen MR) is 135 cm³/mol. The van der Waals surface area contributed by atoms with E-state index in [9.17, 15) is 27.2 Å². The quantitative estimate of drug-likeness (QED) is 0.407. The molecule has 0 saturated carbocycles. The minimum atomic E-state index is -3.02. The van der Waals surface area contributed by atoms with Crippen molar-refractivity contribution in [2.24, 2.45) is 0 Å². The summed E-state index contributed by atoms with van der Waals surface area (Å²) in [5.74, 6) is -0.601. The molecule has 1 fully saturated rings. The minimum absolute atomic E-state index is 0.0562. The van der Waals surface area contributed by atoms with E-state index in [4.69, 9.17) is 0 Å². The molecule has 3 aromatic rings. The summed E-state index contributed by atoms with van der Waals surface area (Å²) in [6.07, 6.45) is -0.314. The van der Waals surface area contributed by atoms with Crippen molar-refractivity contribution in [3.8, 4) is 0 Å². The van der Waals surface area contributed by atoms with Crippen molar-refractivity contribution < 1.29 is 27.2 Å². The van der Waals surface area contributed by atoms with E-state index in [0.717, 1.165) is 30.4 Å². The first-order valence-electron chi connectivity index (χ1n) is 13.1. The zero-order valence-corrected chi connectivity index (χ0v) is 21.2. The maximum atomic E-state index is 13.3. The van der Waals surface area contributed by atoms with E-state index in [1.165, 1.54) is 10.5 Å². The van der Waals surface area contributed by atoms with Gasteiger partial charge in [-0.1, -0.05) is 24.3 Å². The SMILES string of the molecule is O=C(N[C@@H]1CCCc2ccccc21)c1cc(C2CCN(C(=O)Cn3nc(C(F)F)cc3C(F)F)CC2)ccn1. The average Bonchev–Trinajstić information content (AvgIpc) is 3.38. The van der Waals surface area contributed by atoms with Gasteiger partial charge < -0.3 is 10.2 Å². The van der Waals surface area contributed by atoms with E-state index < -0.39 is 36.7 Å². The van der Waals surface area contributed by atoms with Crippen LogP contribution in [0, 0.1) is 0 Å². The number of nitrogens with one attached hydrogen (secondary N) is 1. The lowest BCUT2D eigenvalue weighted by Gasteiger charge is -2.32. The molecule has 1 N–H and O–H groups in total. The number of alkyl halides is 4. The van der Waals surface area contributed by atoms with Gasteiger partial charge in [0.1, 0.15) is 23.6 Å². The Labute approximate surface area is 223 Å². The van der Waals surface area contributed by atoms with Gasteiger partial charge in [0.25, 0.3) is 18.8 Å². The Morgan fingerprint density at radius 1 is 1.00 bits per heavy atom. The van der Waals surface area contributed by atoms with Gasteiger partial charge >= 0.3 is 0 Å². The summed E-state index contributed by atoms with van der Waals surface area (Å²) >= 11 is 0. The Kier molecular flexibility index (Phi) is 7.94. The summed E-state index contributed by atoms with van der Waals surface area (Å²) in [7, 11) is 0. The topological polar surface area (TPSA) is 80.1 Å². The highest BCUT2D eigenvalue weighted by molar-refractivity contribution is 5.92. The summed E-state index contributed by atoms with van der Waals surface area (Å²) in [5.41, 5.74) is 2.20. The van der Waals surface area contributed by atoms with Crippen molar-refractivity contribution in [1.82, 2.24) is 25.0 Å². The van der Waals surface area contributed by atoms with Crippen LogP contribution in [0.3, 0.4) is 0 Å². The highest BCUT2D eigenvalue weighted by Crippen LogP contribution is 2.31. The summed E-state index contributed by atoms with van der Waals surface area (Å²) in [6, 6.07) is 12.4. The molecule has 206 valence electrons. The molecule has 0 bridgehead atoms. The van der Waals surface area contributed by atoms with Crippen LogP contribution in [0.1, 0.15) is 89.1 Å². The minimum Gasteiger partial charge on any atom is -0.344 e. The monoisotopic (exact) mass is 543 g/mol. The first kappa shape index (κ1) is 26.8. The van der Waals surface area contributed by atoms with Crippen LogP contribution in [0.5, 0.6) is 0 Å². The summed E-state index contributed by atoms with van der Waals surface area (Å²) in [4.78, 5) is 31.6. The van der Waals surface area contributed by atoms with Crippen molar-refractivity contribution >= 4 is 11.8 Å². The summed E-state index contributed by atoms with van der Waals surface area (Å²) in [6.45, 7) is 0.222. The Morgan fingerprint density at radius 2 is 1.77 bits per heavy atom. The molecule has 3 heterocycles. The lowest BCUT2D eigenvalue weighted by molar-refractivity contribution is -0.133. The number of benzene rings is 1. The second-order valence-electron chi connectivity index (χ2n) is 10.00. The van der Waals surface area contributed by atoms with Crippen LogP contribution in [0.4, 0.5) is 17.6 Å². The Bertz CT molecular complexity index is 1340. The van der Waals surface area contributed by atoms with Gasteiger partial charge in [0.2, 0.25) is 5.91 Å². The molecule has 0 radical (unpaired) electrons. The van der Waals surface area contributed by atoms with E-state index in [1.807, 2.05) is 18.2 Å². The average molecular weight is 544 g/mol. The fourth-order valence-electron chi connectivity index (χ4n) is 5.51. The molecule has 1 saturated heterocycles. The van der Waals surface area contributed by atoms with Crippen molar-refractivity contribution in [2.45, 2.75) is 63.5 Å². The molecule has 1 aromatic carbocycles. The first-order chi connectivity index (χ1) is 18.8. The molecule has 1 atom stereocenters. The van der Waals surface area contributed by atoms with Crippen LogP contribution >= 0.6 is 0 Å². The number of nitrogens with zero attached hydrogens (tertiary/aromatic N) is 4. The number of hydrogen-bond acceptors (Lipinski definition) is 4. The van der Waals surface area contributed by atoms with E-state index in [2.05, 4.69) is 27.5 Å². The number of fused-ring (bicyclic) bond motifs is 1. The van der Waals surface area contributed by atoms with Crippen molar-refractivity contribution in [3.05, 3.63) is 82.4 Å². The third kappa shape index (κ3) is 5.97. The van der Waals surface area contributed by atoms with Crippen LogP contribution in [-0.4, -0.2) is 44.6 Å². The molecule has 7 nitrogen and oxygen atoms in total. The van der Waals surface area contributed by atoms with E-state index >= 15 is 0 Å². The number of piperidine rings is 1. The fraction of sp³-hybridized carbons (Fsp3) is 0.429. The van der Waals surface area contributed by atoms with Gasteiger partial charge in [-0.2, -0.15) is 5.10 Å². The molecular weight excluding hydrogens is 514 g/mol. The zero-order valence-electron chi connectivity index (χ0n) is 21.2. The number of aromatic nitrogens is 3. The predicted octanol–water partition coefficient (Wildman–Crippen LogP) is 5.37. The largest absolute Gasteiger partial charge is 0.344 e. The third-order valence-electron chi connectivity index (χ3n) is 7.57. The standard InChI is InChI=1S/C28H29F4N5O2/c29-26(30)22-15-24(27(31)32)37(35-22)16-25(38)36-12-9-17(10-13-36)19-8-11-33-23(14-19)28(39)34-21-7-3-5-18-4-1-2-6-20(18)21/h1-2,4,6,8,11,14-15,17,21,26-27H,3,5,7,9-10,12-13,16H2,(H,34,39)/t21-/m1/s1. The van der Waals surface area contributed by atoms with Crippen LogP contribution in [0.15, 0.2) is 48.7 Å². The maximum absolute atomic E-state index is 13.3. The number of amides is 2. The summed E-state index contributed by atoms with van der Waals surface area (Å²) in [5, 5.41) is 6.63. The van der Waals surface area contributed by atoms with Crippen LogP contribution in [-0.2, 0) is 17.8 Å². The smallest absolute Gasteiger partial charge is 0.282 e. The van der Waals surface area contributed by atoms with Crippen molar-refractivity contribution in [2.75, 3.05) is 13.1 Å². The van der Waals surface area contributed by atoms with E-state index in [-0.39, 0.29) is 17.9 Å². The molecule has 2 aromatic heterocycles. The van der Waals surface area contributed by atoms with Gasteiger partial charge in [-0.3, -0.25) is 19.3 Å². The number of aryl methyl sites for hydroxylation is 1. The Morgan fingerprint density at radius 3 is 2.51 bits per heavy atom. The number of pyridine rings is 1. The number of halogens is 4. The van der Waals surface area contributed by atoms with Gasteiger partial charge in [-0.25, -0.2) is 17.6 Å². The van der Waals surface area contributed by atoms with Gasteiger partial charge in [-0.05, 0) is 72.9 Å². The number of rotatable bonds is 7. The molecule has 1 aliphatic heterocycles. The Hall–Kier alpha value is -3.76. The highest BCUT2D eigenvalue weighted by Gasteiger charge is 2.28. The second-order valence-corrected chi connectivity index (χ2v) is 10.00. The number of hydrogen-bond donors (Lipinski definition) is 1.